The number of nitrogens with zero attached hydrogens (tertiary/aromatic N) is 4. The SMILES string of the molecule is CC(C)CNC(=O)COc1ccn2nc(-c3ccccc3)c(-c3ccc(=O)n(C(C)C)n3)c2c1. The second kappa shape index (κ2) is 9.91. The summed E-state index contributed by atoms with van der Waals surface area (Å²) >= 11 is 0. The van der Waals surface area contributed by atoms with Crippen LogP contribution in [0, 0.1) is 5.92 Å². The van der Waals surface area contributed by atoms with Gasteiger partial charge in [0.05, 0.1) is 22.8 Å². The fraction of sp³-hybridized carbons (Fsp3) is 0.308. The molecule has 0 spiro atoms. The Morgan fingerprint density at radius 2 is 1.79 bits per heavy atom. The van der Waals surface area contributed by atoms with Crippen molar-refractivity contribution in [1.82, 2.24) is 24.7 Å². The molecule has 3 aromatic heterocycles. The monoisotopic (exact) mass is 459 g/mol. The zero-order valence-electron chi connectivity index (χ0n) is 19.9. The predicted molar refractivity (Wildman–Crippen MR) is 132 cm³/mol. The minimum atomic E-state index is -0.169. The first kappa shape index (κ1) is 23.2. The Morgan fingerprint density at radius 1 is 1.03 bits per heavy atom. The maximum atomic E-state index is 12.3. The molecule has 0 saturated heterocycles. The van der Waals surface area contributed by atoms with E-state index in [1.54, 1.807) is 22.8 Å². The second-order valence-corrected chi connectivity index (χ2v) is 8.86. The van der Waals surface area contributed by atoms with Crippen LogP contribution in [0.5, 0.6) is 5.75 Å². The lowest BCUT2D eigenvalue weighted by atomic mass is 10.0. The number of aromatic nitrogens is 4. The van der Waals surface area contributed by atoms with Crippen molar-refractivity contribution in [3.05, 3.63) is 71.1 Å². The van der Waals surface area contributed by atoms with Crippen LogP contribution in [0.1, 0.15) is 33.7 Å². The number of carbonyl (C=O) groups excluding carboxylic acids is 1. The Labute approximate surface area is 198 Å². The van der Waals surface area contributed by atoms with E-state index < -0.39 is 0 Å². The number of hydrogen-bond acceptors (Lipinski definition) is 5. The van der Waals surface area contributed by atoms with Gasteiger partial charge in [0.1, 0.15) is 11.4 Å². The molecule has 0 aliphatic heterocycles. The van der Waals surface area contributed by atoms with Crippen LogP contribution in [-0.4, -0.2) is 38.5 Å². The van der Waals surface area contributed by atoms with Gasteiger partial charge >= 0.3 is 0 Å². The molecule has 176 valence electrons. The number of fused-ring (bicyclic) bond motifs is 1. The molecule has 0 unspecified atom stereocenters. The first-order valence-corrected chi connectivity index (χ1v) is 11.4. The number of hydrogen-bond donors (Lipinski definition) is 1. The van der Waals surface area contributed by atoms with E-state index in [0.29, 0.717) is 23.9 Å². The first-order valence-electron chi connectivity index (χ1n) is 11.4. The molecule has 1 N–H and O–H groups in total. The van der Waals surface area contributed by atoms with Gasteiger partial charge in [-0.3, -0.25) is 9.59 Å². The number of amides is 1. The number of rotatable bonds is 8. The van der Waals surface area contributed by atoms with Gasteiger partial charge in [-0.05, 0) is 31.9 Å². The summed E-state index contributed by atoms with van der Waals surface area (Å²) in [4.78, 5) is 24.4. The smallest absolute Gasteiger partial charge is 0.267 e. The number of benzene rings is 1. The quantitative estimate of drug-likeness (QED) is 0.431. The highest BCUT2D eigenvalue weighted by atomic mass is 16.5. The third-order valence-corrected chi connectivity index (χ3v) is 5.30. The van der Waals surface area contributed by atoms with Crippen molar-refractivity contribution in [1.29, 1.82) is 0 Å². The van der Waals surface area contributed by atoms with Gasteiger partial charge < -0.3 is 10.1 Å². The van der Waals surface area contributed by atoms with Crippen LogP contribution in [0.4, 0.5) is 0 Å². The Morgan fingerprint density at radius 3 is 2.50 bits per heavy atom. The van der Waals surface area contributed by atoms with E-state index in [2.05, 4.69) is 10.4 Å². The summed E-state index contributed by atoms with van der Waals surface area (Å²) in [5, 5.41) is 12.3. The highest BCUT2D eigenvalue weighted by Crippen LogP contribution is 2.35. The van der Waals surface area contributed by atoms with Crippen LogP contribution >= 0.6 is 0 Å². The molecule has 0 radical (unpaired) electrons. The topological polar surface area (TPSA) is 90.5 Å². The number of nitrogens with one attached hydrogen (secondary N) is 1. The number of carbonyl (C=O) groups is 1. The fourth-order valence-corrected chi connectivity index (χ4v) is 3.61. The maximum Gasteiger partial charge on any atom is 0.267 e. The molecular formula is C26H29N5O3. The van der Waals surface area contributed by atoms with E-state index in [1.807, 2.05) is 64.1 Å². The van der Waals surface area contributed by atoms with Gasteiger partial charge in [0.15, 0.2) is 6.61 Å². The molecule has 4 rings (SSSR count). The van der Waals surface area contributed by atoms with Gasteiger partial charge in [0.2, 0.25) is 0 Å². The van der Waals surface area contributed by atoms with Gasteiger partial charge in [-0.15, -0.1) is 0 Å². The summed E-state index contributed by atoms with van der Waals surface area (Å²) in [7, 11) is 0. The fourth-order valence-electron chi connectivity index (χ4n) is 3.61. The highest BCUT2D eigenvalue weighted by molar-refractivity contribution is 5.91. The molecule has 8 heteroatoms. The number of pyridine rings is 1. The van der Waals surface area contributed by atoms with Crippen LogP contribution < -0.4 is 15.6 Å². The van der Waals surface area contributed by atoms with Crippen molar-refractivity contribution in [2.24, 2.45) is 5.92 Å². The Kier molecular flexibility index (Phi) is 6.77. The molecule has 8 nitrogen and oxygen atoms in total. The summed E-state index contributed by atoms with van der Waals surface area (Å²) in [5.41, 5.74) is 3.70. The van der Waals surface area contributed by atoms with E-state index in [4.69, 9.17) is 9.84 Å². The zero-order chi connectivity index (χ0) is 24.2. The zero-order valence-corrected chi connectivity index (χ0v) is 19.9. The normalized spacial score (nSPS) is 11.4. The summed E-state index contributed by atoms with van der Waals surface area (Å²) in [6.07, 6.45) is 1.80. The summed E-state index contributed by atoms with van der Waals surface area (Å²) in [5.74, 6) is 0.746. The van der Waals surface area contributed by atoms with Crippen molar-refractivity contribution in [3.63, 3.8) is 0 Å². The molecule has 1 aromatic carbocycles. The second-order valence-electron chi connectivity index (χ2n) is 8.86. The Hall–Kier alpha value is -3.94. The molecule has 0 atom stereocenters. The lowest BCUT2D eigenvalue weighted by molar-refractivity contribution is -0.123. The van der Waals surface area contributed by atoms with Crippen molar-refractivity contribution in [3.8, 4) is 28.3 Å². The lowest BCUT2D eigenvalue weighted by Crippen LogP contribution is -2.31. The van der Waals surface area contributed by atoms with Crippen LogP contribution in [0.25, 0.3) is 28.0 Å². The molecule has 0 fully saturated rings. The van der Waals surface area contributed by atoms with Gasteiger partial charge in [-0.1, -0.05) is 44.2 Å². The molecule has 3 heterocycles. The lowest BCUT2D eigenvalue weighted by Gasteiger charge is -2.11. The van der Waals surface area contributed by atoms with Crippen molar-refractivity contribution in [2.75, 3.05) is 13.2 Å². The first-order chi connectivity index (χ1) is 16.3. The predicted octanol–water partition coefficient (Wildman–Crippen LogP) is 3.96. The minimum absolute atomic E-state index is 0.0750. The van der Waals surface area contributed by atoms with Crippen LogP contribution in [-0.2, 0) is 4.79 Å². The van der Waals surface area contributed by atoms with E-state index >= 15 is 0 Å². The average molecular weight is 460 g/mol. The van der Waals surface area contributed by atoms with Crippen LogP contribution in [0.2, 0.25) is 0 Å². The maximum absolute atomic E-state index is 12.3. The van der Waals surface area contributed by atoms with Gasteiger partial charge in [-0.25, -0.2) is 9.20 Å². The van der Waals surface area contributed by atoms with E-state index in [9.17, 15) is 9.59 Å². The van der Waals surface area contributed by atoms with E-state index in [1.165, 1.54) is 10.7 Å². The molecule has 0 bridgehead atoms. The molecule has 1 amide bonds. The average Bonchev–Trinajstić information content (AvgIpc) is 3.21. The van der Waals surface area contributed by atoms with Crippen molar-refractivity contribution < 1.29 is 9.53 Å². The molecule has 34 heavy (non-hydrogen) atoms. The Balaban J connectivity index is 1.78. The van der Waals surface area contributed by atoms with Gasteiger partial charge in [0, 0.05) is 30.4 Å². The largest absolute Gasteiger partial charge is 0.484 e. The molecule has 0 aliphatic carbocycles. The molecular weight excluding hydrogens is 430 g/mol. The van der Waals surface area contributed by atoms with Crippen LogP contribution in [0.3, 0.4) is 0 Å². The minimum Gasteiger partial charge on any atom is -0.484 e. The van der Waals surface area contributed by atoms with Gasteiger partial charge in [0.25, 0.3) is 11.5 Å². The van der Waals surface area contributed by atoms with E-state index in [-0.39, 0.29) is 24.1 Å². The standard InChI is InChI=1S/C26H29N5O3/c1-17(2)15-27-23(32)16-34-20-12-13-30-22(14-20)25(26(29-30)19-8-6-5-7-9-19)21-10-11-24(33)31(28-21)18(3)4/h5-14,17-18H,15-16H2,1-4H3,(H,27,32). The third-order valence-electron chi connectivity index (χ3n) is 5.30. The summed E-state index contributed by atoms with van der Waals surface area (Å²) in [6, 6.07) is 16.6. The highest BCUT2D eigenvalue weighted by Gasteiger charge is 2.19. The molecule has 4 aromatic rings. The Bertz CT molecular complexity index is 1360. The van der Waals surface area contributed by atoms with Crippen molar-refractivity contribution in [2.45, 2.75) is 33.7 Å². The van der Waals surface area contributed by atoms with Crippen LogP contribution in [0.15, 0.2) is 65.6 Å². The summed E-state index contributed by atoms with van der Waals surface area (Å²) < 4.78 is 8.99. The van der Waals surface area contributed by atoms with E-state index in [0.717, 1.165) is 22.3 Å². The summed E-state index contributed by atoms with van der Waals surface area (Å²) in [6.45, 7) is 8.44. The van der Waals surface area contributed by atoms with Crippen molar-refractivity contribution >= 4 is 11.4 Å². The molecule has 0 saturated carbocycles. The molecule has 0 aliphatic rings. The number of ether oxygens (including phenoxy) is 1. The van der Waals surface area contributed by atoms with Gasteiger partial charge in [-0.2, -0.15) is 10.2 Å². The third kappa shape index (κ3) is 5.01.